The number of ether oxygens (including phenoxy) is 1. The molecule has 0 N–H and O–H groups in total. The fourth-order valence-electron chi connectivity index (χ4n) is 3.43. The number of aromatic nitrogens is 4. The standard InChI is InChI=1S/C17H23N5O/c1-21-17-15(12-23-11-14-3-2-6-18-7-14)9-22(8-13-4-5-13)10-16(17)19-20-21/h2-3,6-7,13,15H,4-5,8-12H2,1H3/t15-/m0/s1. The summed E-state index contributed by atoms with van der Waals surface area (Å²) in [5, 5.41) is 8.57. The molecule has 1 saturated carbocycles. The summed E-state index contributed by atoms with van der Waals surface area (Å²) in [5.41, 5.74) is 3.47. The van der Waals surface area contributed by atoms with Gasteiger partial charge in [0.1, 0.15) is 5.69 Å². The first kappa shape index (κ1) is 14.8. The smallest absolute Gasteiger partial charge is 0.100 e. The van der Waals surface area contributed by atoms with Crippen molar-refractivity contribution in [2.75, 3.05) is 19.7 Å². The summed E-state index contributed by atoms with van der Waals surface area (Å²) in [6.45, 7) is 4.46. The molecule has 2 aliphatic rings. The first-order valence-corrected chi connectivity index (χ1v) is 8.37. The average molecular weight is 313 g/mol. The van der Waals surface area contributed by atoms with Crippen molar-refractivity contribution in [3.63, 3.8) is 0 Å². The van der Waals surface area contributed by atoms with E-state index in [4.69, 9.17) is 4.74 Å². The molecule has 0 radical (unpaired) electrons. The lowest BCUT2D eigenvalue weighted by molar-refractivity contribution is 0.0834. The third-order valence-corrected chi connectivity index (χ3v) is 4.71. The van der Waals surface area contributed by atoms with Crippen LogP contribution in [-0.2, 0) is 24.9 Å². The van der Waals surface area contributed by atoms with E-state index in [9.17, 15) is 0 Å². The van der Waals surface area contributed by atoms with Crippen molar-refractivity contribution >= 4 is 0 Å². The van der Waals surface area contributed by atoms with Gasteiger partial charge in [0.15, 0.2) is 0 Å². The Morgan fingerprint density at radius 1 is 1.35 bits per heavy atom. The lowest BCUT2D eigenvalue weighted by Gasteiger charge is -2.32. The van der Waals surface area contributed by atoms with E-state index in [0.717, 1.165) is 30.3 Å². The molecule has 0 saturated heterocycles. The summed E-state index contributed by atoms with van der Waals surface area (Å²) in [7, 11) is 1.98. The van der Waals surface area contributed by atoms with Crippen LogP contribution in [0.1, 0.15) is 35.7 Å². The second-order valence-electron chi connectivity index (χ2n) is 6.76. The Balaban J connectivity index is 1.41. The highest BCUT2D eigenvalue weighted by atomic mass is 16.5. The van der Waals surface area contributed by atoms with Crippen LogP contribution in [0.2, 0.25) is 0 Å². The predicted molar refractivity (Wildman–Crippen MR) is 85.6 cm³/mol. The number of hydrogen-bond acceptors (Lipinski definition) is 5. The molecule has 6 heteroatoms. The minimum absolute atomic E-state index is 0.342. The van der Waals surface area contributed by atoms with Gasteiger partial charge in [-0.3, -0.25) is 14.6 Å². The van der Waals surface area contributed by atoms with Crippen LogP contribution in [0.15, 0.2) is 24.5 Å². The Morgan fingerprint density at radius 3 is 3.04 bits per heavy atom. The fraction of sp³-hybridized carbons (Fsp3) is 0.588. The molecule has 6 nitrogen and oxygen atoms in total. The van der Waals surface area contributed by atoms with Gasteiger partial charge in [0, 0.05) is 45.0 Å². The quantitative estimate of drug-likeness (QED) is 0.813. The molecule has 2 aromatic rings. The van der Waals surface area contributed by atoms with Crippen LogP contribution in [-0.4, -0.2) is 44.6 Å². The first-order valence-electron chi connectivity index (χ1n) is 8.37. The molecule has 1 aliphatic heterocycles. The third-order valence-electron chi connectivity index (χ3n) is 4.71. The largest absolute Gasteiger partial charge is 0.376 e. The SMILES string of the molecule is Cn1nnc2c1[C@H](COCc1cccnc1)CN(CC1CC1)C2. The summed E-state index contributed by atoms with van der Waals surface area (Å²) in [6.07, 6.45) is 6.41. The van der Waals surface area contributed by atoms with Crippen molar-refractivity contribution in [1.82, 2.24) is 24.9 Å². The molecule has 3 heterocycles. The predicted octanol–water partition coefficient (Wildman–Crippen LogP) is 1.74. The van der Waals surface area contributed by atoms with Crippen LogP contribution in [0.25, 0.3) is 0 Å². The normalized spacial score (nSPS) is 21.3. The van der Waals surface area contributed by atoms with Gasteiger partial charge in [0.2, 0.25) is 0 Å². The zero-order valence-electron chi connectivity index (χ0n) is 13.6. The van der Waals surface area contributed by atoms with E-state index >= 15 is 0 Å². The maximum absolute atomic E-state index is 5.97. The first-order chi connectivity index (χ1) is 11.3. The minimum atomic E-state index is 0.342. The second kappa shape index (κ2) is 6.37. The molecule has 0 aromatic carbocycles. The van der Waals surface area contributed by atoms with Crippen molar-refractivity contribution in [2.24, 2.45) is 13.0 Å². The van der Waals surface area contributed by atoms with Gasteiger partial charge in [-0.05, 0) is 30.4 Å². The highest BCUT2D eigenvalue weighted by molar-refractivity contribution is 5.20. The summed E-state index contributed by atoms with van der Waals surface area (Å²) in [6, 6.07) is 3.99. The van der Waals surface area contributed by atoms with Gasteiger partial charge in [0.05, 0.1) is 18.9 Å². The Labute approximate surface area is 136 Å². The minimum Gasteiger partial charge on any atom is -0.376 e. The third kappa shape index (κ3) is 3.43. The number of pyridine rings is 1. The summed E-state index contributed by atoms with van der Waals surface area (Å²) in [4.78, 5) is 6.65. The van der Waals surface area contributed by atoms with Gasteiger partial charge in [-0.2, -0.15) is 0 Å². The number of hydrogen-bond donors (Lipinski definition) is 0. The molecule has 122 valence electrons. The summed E-state index contributed by atoms with van der Waals surface area (Å²) >= 11 is 0. The summed E-state index contributed by atoms with van der Waals surface area (Å²) < 4.78 is 7.89. The van der Waals surface area contributed by atoms with E-state index in [0.29, 0.717) is 19.1 Å². The zero-order valence-corrected chi connectivity index (χ0v) is 13.6. The van der Waals surface area contributed by atoms with Crippen LogP contribution >= 0.6 is 0 Å². The fourth-order valence-corrected chi connectivity index (χ4v) is 3.43. The highest BCUT2D eigenvalue weighted by Crippen LogP contribution is 2.33. The second-order valence-corrected chi connectivity index (χ2v) is 6.76. The molecule has 1 fully saturated rings. The number of rotatable bonds is 6. The van der Waals surface area contributed by atoms with Crippen LogP contribution in [0, 0.1) is 5.92 Å². The van der Waals surface area contributed by atoms with Crippen molar-refractivity contribution in [3.05, 3.63) is 41.5 Å². The molecule has 0 spiro atoms. The molecule has 2 aromatic heterocycles. The molecule has 0 amide bonds. The molecule has 1 atom stereocenters. The Hall–Kier alpha value is -1.79. The van der Waals surface area contributed by atoms with Gasteiger partial charge in [-0.25, -0.2) is 0 Å². The topological polar surface area (TPSA) is 56.1 Å². The molecular formula is C17H23N5O. The molecule has 4 rings (SSSR count). The highest BCUT2D eigenvalue weighted by Gasteiger charge is 2.33. The number of aryl methyl sites for hydroxylation is 1. The Morgan fingerprint density at radius 2 is 2.26 bits per heavy atom. The van der Waals surface area contributed by atoms with E-state index in [1.165, 1.54) is 25.1 Å². The molecule has 0 unspecified atom stereocenters. The van der Waals surface area contributed by atoms with Crippen LogP contribution in [0.5, 0.6) is 0 Å². The summed E-state index contributed by atoms with van der Waals surface area (Å²) in [5.74, 6) is 1.24. The lowest BCUT2D eigenvalue weighted by Crippen LogP contribution is -2.37. The molecule has 23 heavy (non-hydrogen) atoms. The van der Waals surface area contributed by atoms with Crippen molar-refractivity contribution in [3.8, 4) is 0 Å². The van der Waals surface area contributed by atoms with E-state index in [1.54, 1.807) is 6.20 Å². The van der Waals surface area contributed by atoms with Crippen LogP contribution in [0.3, 0.4) is 0 Å². The Bertz CT molecular complexity index is 652. The van der Waals surface area contributed by atoms with Crippen LogP contribution < -0.4 is 0 Å². The van der Waals surface area contributed by atoms with Crippen molar-refractivity contribution in [1.29, 1.82) is 0 Å². The molecule has 1 aliphatic carbocycles. The van der Waals surface area contributed by atoms with E-state index < -0.39 is 0 Å². The zero-order chi connectivity index (χ0) is 15.6. The van der Waals surface area contributed by atoms with Crippen LogP contribution in [0.4, 0.5) is 0 Å². The molecule has 0 bridgehead atoms. The van der Waals surface area contributed by atoms with E-state index in [-0.39, 0.29) is 0 Å². The number of fused-ring (bicyclic) bond motifs is 1. The monoisotopic (exact) mass is 313 g/mol. The van der Waals surface area contributed by atoms with Crippen molar-refractivity contribution < 1.29 is 4.74 Å². The maximum atomic E-state index is 5.97. The lowest BCUT2D eigenvalue weighted by atomic mass is 9.98. The maximum Gasteiger partial charge on any atom is 0.100 e. The van der Waals surface area contributed by atoms with Gasteiger partial charge < -0.3 is 4.74 Å². The van der Waals surface area contributed by atoms with E-state index in [1.807, 2.05) is 30.1 Å². The van der Waals surface area contributed by atoms with E-state index in [2.05, 4.69) is 20.2 Å². The number of nitrogens with zero attached hydrogens (tertiary/aromatic N) is 5. The van der Waals surface area contributed by atoms with Gasteiger partial charge in [-0.15, -0.1) is 5.10 Å². The van der Waals surface area contributed by atoms with Gasteiger partial charge in [-0.1, -0.05) is 11.3 Å². The van der Waals surface area contributed by atoms with Gasteiger partial charge in [0.25, 0.3) is 0 Å². The van der Waals surface area contributed by atoms with Gasteiger partial charge >= 0.3 is 0 Å². The molecular weight excluding hydrogens is 290 g/mol. The Kier molecular flexibility index (Phi) is 4.10. The van der Waals surface area contributed by atoms with Crippen molar-refractivity contribution in [2.45, 2.75) is 31.9 Å². The average Bonchev–Trinajstić information content (AvgIpc) is 3.30.